The molecule has 3 aliphatic rings. The Morgan fingerprint density at radius 1 is 0.900 bits per heavy atom. The number of nitrogens with zero attached hydrogens (tertiary/aromatic N) is 3. The Morgan fingerprint density at radius 2 is 1.56 bits per heavy atom. The molecule has 5 rings (SSSR count). The van der Waals surface area contributed by atoms with E-state index >= 15 is 0 Å². The zero-order valence-corrected chi connectivity index (χ0v) is 39.8. The summed E-state index contributed by atoms with van der Waals surface area (Å²) in [7, 11) is 1.34. The third-order valence-corrected chi connectivity index (χ3v) is 12.7. The third kappa shape index (κ3) is 13.4. The van der Waals surface area contributed by atoms with Crippen molar-refractivity contribution in [2.45, 2.75) is 134 Å². The molecule has 9 amide bonds. The second-order valence-electron chi connectivity index (χ2n) is 18.0. The molecule has 22 nitrogen and oxygen atoms in total. The maximum absolute atomic E-state index is 15.0. The predicted octanol–water partition coefficient (Wildman–Crippen LogP) is -1.24. The van der Waals surface area contributed by atoms with Crippen LogP contribution in [-0.4, -0.2) is 153 Å². The number of esters is 1. The number of primary amides is 1. The highest BCUT2D eigenvalue weighted by molar-refractivity contribution is 6.03. The maximum atomic E-state index is 15.0. The van der Waals surface area contributed by atoms with Gasteiger partial charge in [0.2, 0.25) is 41.9 Å². The van der Waals surface area contributed by atoms with Crippen LogP contribution in [0.3, 0.4) is 0 Å². The number of fused-ring (bicyclic) bond motifs is 2. The van der Waals surface area contributed by atoms with Crippen LogP contribution in [0, 0.1) is 5.92 Å². The molecule has 9 atom stereocenters. The van der Waals surface area contributed by atoms with Crippen molar-refractivity contribution in [2.24, 2.45) is 11.7 Å². The van der Waals surface area contributed by atoms with Gasteiger partial charge in [-0.2, -0.15) is 0 Å². The number of cyclic esters (lactones) is 1. The largest absolute Gasteiger partial charge is 0.508 e. The van der Waals surface area contributed by atoms with E-state index in [1.54, 1.807) is 44.2 Å². The van der Waals surface area contributed by atoms with Crippen molar-refractivity contribution in [3.8, 4) is 5.75 Å². The molecular weight excluding hydrogens is 911 g/mol. The molecule has 70 heavy (non-hydrogen) atoms. The molecule has 2 bridgehead atoms. The minimum atomic E-state index is -1.84. The molecule has 378 valence electrons. The first-order chi connectivity index (χ1) is 33.2. The normalized spacial score (nSPS) is 26.2. The van der Waals surface area contributed by atoms with Gasteiger partial charge in [0.1, 0.15) is 66.1 Å². The van der Waals surface area contributed by atoms with E-state index in [1.807, 2.05) is 0 Å². The van der Waals surface area contributed by atoms with Crippen molar-refractivity contribution in [3.05, 3.63) is 77.5 Å². The number of aliphatic hydroxyl groups excluding tert-OH is 1. The summed E-state index contributed by atoms with van der Waals surface area (Å²) in [5.74, 6) is -8.96. The quantitative estimate of drug-likeness (QED) is 0.0663. The van der Waals surface area contributed by atoms with Gasteiger partial charge < -0.3 is 62.0 Å². The van der Waals surface area contributed by atoms with E-state index in [9.17, 15) is 58.2 Å². The molecule has 22 heteroatoms. The monoisotopic (exact) mass is 973 g/mol. The smallest absolute Gasteiger partial charge is 0.329 e. The summed E-state index contributed by atoms with van der Waals surface area (Å²) < 4.78 is 5.82. The molecule has 0 saturated carbocycles. The summed E-state index contributed by atoms with van der Waals surface area (Å²) >= 11 is 0. The summed E-state index contributed by atoms with van der Waals surface area (Å²) in [6.45, 7) is 6.13. The van der Waals surface area contributed by atoms with Crippen molar-refractivity contribution in [1.29, 1.82) is 0 Å². The molecule has 2 aromatic carbocycles. The highest BCUT2D eigenvalue weighted by atomic mass is 16.5. The molecule has 9 N–H and O–H groups in total. The van der Waals surface area contributed by atoms with Gasteiger partial charge in [0.15, 0.2) is 0 Å². The molecule has 3 fully saturated rings. The minimum Gasteiger partial charge on any atom is -0.508 e. The van der Waals surface area contributed by atoms with Gasteiger partial charge in [-0.25, -0.2) is 4.79 Å². The number of ether oxygens (including phenoxy) is 1. The first-order valence-corrected chi connectivity index (χ1v) is 23.2. The van der Waals surface area contributed by atoms with Crippen molar-refractivity contribution in [2.75, 3.05) is 13.6 Å². The highest BCUT2D eigenvalue weighted by Crippen LogP contribution is 2.26. The van der Waals surface area contributed by atoms with E-state index in [2.05, 4.69) is 26.6 Å². The fourth-order valence-corrected chi connectivity index (χ4v) is 8.64. The van der Waals surface area contributed by atoms with E-state index < -0.39 is 126 Å². The summed E-state index contributed by atoms with van der Waals surface area (Å²) in [5, 5.41) is 34.2. The Balaban J connectivity index is 1.58. The summed E-state index contributed by atoms with van der Waals surface area (Å²) in [4.78, 5) is 141. The number of amides is 9. The number of rotatable bonds is 13. The van der Waals surface area contributed by atoms with E-state index in [0.717, 1.165) is 9.80 Å². The van der Waals surface area contributed by atoms with Crippen LogP contribution in [0.2, 0.25) is 0 Å². The molecular formula is C48H63N9O13. The van der Waals surface area contributed by atoms with Crippen molar-refractivity contribution in [1.82, 2.24) is 41.3 Å². The number of hydrogen-bond acceptors (Lipinski definition) is 13. The lowest BCUT2D eigenvalue weighted by Gasteiger charge is -2.43. The van der Waals surface area contributed by atoms with E-state index in [1.165, 1.54) is 56.1 Å². The Morgan fingerprint density at radius 3 is 2.19 bits per heavy atom. The third-order valence-electron chi connectivity index (χ3n) is 12.7. The summed E-state index contributed by atoms with van der Waals surface area (Å²) in [6, 6.07) is 4.55. The number of benzene rings is 2. The van der Waals surface area contributed by atoms with Gasteiger partial charge in [-0.05, 0) is 75.1 Å². The lowest BCUT2D eigenvalue weighted by atomic mass is 9.95. The van der Waals surface area contributed by atoms with E-state index in [0.29, 0.717) is 30.5 Å². The number of aromatic hydroxyl groups is 1. The molecule has 0 spiro atoms. The van der Waals surface area contributed by atoms with Crippen molar-refractivity contribution < 1.29 is 62.9 Å². The number of carbonyl (C=O) groups excluding carboxylic acids is 10. The van der Waals surface area contributed by atoms with Gasteiger partial charge in [0, 0.05) is 32.9 Å². The zero-order valence-electron chi connectivity index (χ0n) is 39.8. The van der Waals surface area contributed by atoms with Gasteiger partial charge in [0.25, 0.3) is 11.8 Å². The second-order valence-corrected chi connectivity index (χ2v) is 18.0. The minimum absolute atomic E-state index is 0.0669. The number of phenols is 1. The average Bonchev–Trinajstić information content (AvgIpc) is 3.82. The molecule has 0 unspecified atom stereocenters. The average molecular weight is 974 g/mol. The molecule has 0 aromatic heterocycles. The molecule has 0 aliphatic carbocycles. The van der Waals surface area contributed by atoms with Crippen molar-refractivity contribution in [3.63, 3.8) is 0 Å². The Labute approximate surface area is 405 Å². The van der Waals surface area contributed by atoms with Gasteiger partial charge in [-0.15, -0.1) is 0 Å². The topological polar surface area (TPSA) is 316 Å². The number of aliphatic hydroxyl groups is 1. The van der Waals surface area contributed by atoms with E-state index in [4.69, 9.17) is 10.5 Å². The highest BCUT2D eigenvalue weighted by Gasteiger charge is 2.45. The Bertz CT molecular complexity index is 2310. The Hall–Kier alpha value is -7.36. The number of likely N-dealkylation sites (tertiary alicyclic amines) is 1. The van der Waals surface area contributed by atoms with Crippen LogP contribution in [0.25, 0.3) is 0 Å². The fourth-order valence-electron chi connectivity index (χ4n) is 8.64. The van der Waals surface area contributed by atoms with Crippen LogP contribution in [0.5, 0.6) is 5.75 Å². The second kappa shape index (κ2) is 24.3. The first-order valence-electron chi connectivity index (χ1n) is 23.2. The molecule has 3 saturated heterocycles. The van der Waals surface area contributed by atoms with Gasteiger partial charge in [0.05, 0.1) is 0 Å². The number of nitrogens with one attached hydrogen (secondary N) is 5. The standard InChI is InChI=1S/C48H63N9O13/c1-6-31-41(62)52-33-19-21-38(61)57(46(33)67)36(24-28-11-8-7-9-12-28)47(68)55(5)35(23-29-14-16-30(59)17-15-29)44(65)53-39(26(2)3)48(69)70-27(4)40(45(66)50-31)54-42(63)32(18-20-37(49)60)51-43(64)34-13-10-22-56(34)25-58/h6-9,11-12,14-17,25-27,32-36,38-40,59,61H,10,13,18-24H2,1-5H3,(H2,49,60)(H,50,66)(H,51,64)(H,52,62)(H,53,65)(H,54,63)/b31-6+/t27-,32+,33+,34+,35+,36+,38-,39+,40+/m1/s1. The zero-order chi connectivity index (χ0) is 51.4. The van der Waals surface area contributed by atoms with E-state index in [-0.39, 0.29) is 44.3 Å². The van der Waals surface area contributed by atoms with Gasteiger partial charge in [-0.3, -0.25) is 43.2 Å². The lowest BCUT2D eigenvalue weighted by Crippen LogP contribution is -2.64. The van der Waals surface area contributed by atoms with Gasteiger partial charge in [-0.1, -0.05) is 62.4 Å². The predicted molar refractivity (Wildman–Crippen MR) is 249 cm³/mol. The van der Waals surface area contributed by atoms with Crippen LogP contribution in [0.4, 0.5) is 0 Å². The summed E-state index contributed by atoms with van der Waals surface area (Å²) in [6.07, 6.45) is -1.82. The number of allylic oxidation sites excluding steroid dienone is 1. The maximum Gasteiger partial charge on any atom is 0.329 e. The van der Waals surface area contributed by atoms with Crippen LogP contribution < -0.4 is 32.3 Å². The molecule has 3 aliphatic heterocycles. The molecule has 3 heterocycles. The number of carbonyl (C=O) groups is 10. The van der Waals surface area contributed by atoms with Crippen molar-refractivity contribution >= 4 is 59.6 Å². The lowest BCUT2D eigenvalue weighted by molar-refractivity contribution is -0.165. The fraction of sp³-hybridized carbons (Fsp3) is 0.500. The van der Waals surface area contributed by atoms with Crippen LogP contribution >= 0.6 is 0 Å². The van der Waals surface area contributed by atoms with Gasteiger partial charge >= 0.3 is 5.97 Å². The number of piperidine rings is 1. The number of likely N-dealkylation sites (N-methyl/N-ethyl adjacent to an activating group) is 1. The number of phenolic OH excluding ortho intramolecular Hbond substituents is 1. The summed E-state index contributed by atoms with van der Waals surface area (Å²) in [5.41, 5.74) is 6.06. The van der Waals surface area contributed by atoms with Crippen LogP contribution in [-0.2, 0) is 65.5 Å². The molecule has 0 radical (unpaired) electrons. The van der Waals surface area contributed by atoms with Crippen LogP contribution in [0.1, 0.15) is 77.3 Å². The first kappa shape index (κ1) is 53.6. The number of nitrogens with two attached hydrogens (primary N) is 1. The molecule has 2 aromatic rings. The number of hydrogen-bond donors (Lipinski definition) is 8. The Kier molecular flexibility index (Phi) is 18.6. The van der Waals surface area contributed by atoms with Crippen LogP contribution in [0.15, 0.2) is 66.4 Å². The SMILES string of the molecule is C/C=C1/NC(=O)[C@@H](NC(=O)[C@H](CCC(N)=O)NC(=O)[C@@H]2CCCN2C=O)[C@@H](C)OC(=O)[C@H](C(C)C)NC(=O)[C@H](Cc2ccc(O)cc2)N(C)C(=O)[C@H](Cc2ccccc2)N2C(=O)[C@H](CC[C@H]2O)NC1=O.